The van der Waals surface area contributed by atoms with Crippen LogP contribution in [-0.4, -0.2) is 79.7 Å². The number of hydrogen-bond acceptors (Lipinski definition) is 8. The number of nitrogens with zero attached hydrogens (tertiary/aromatic N) is 7. The number of rotatable bonds is 7. The van der Waals surface area contributed by atoms with Crippen LogP contribution in [0.15, 0.2) is 35.2 Å². The Labute approximate surface area is 239 Å². The van der Waals surface area contributed by atoms with Gasteiger partial charge in [0.05, 0.1) is 9.95 Å². The van der Waals surface area contributed by atoms with E-state index in [0.717, 1.165) is 69.7 Å². The first-order valence-corrected chi connectivity index (χ1v) is 14.3. The van der Waals surface area contributed by atoms with Crippen molar-refractivity contribution in [3.05, 3.63) is 60.9 Å². The van der Waals surface area contributed by atoms with Gasteiger partial charge in [-0.25, -0.2) is 9.97 Å². The minimum atomic E-state index is -0.470. The second-order valence-electron chi connectivity index (χ2n) is 9.76. The summed E-state index contributed by atoms with van der Waals surface area (Å²) in [7, 11) is 0. The maximum absolute atomic E-state index is 11.0. The lowest BCUT2D eigenvalue weighted by molar-refractivity contribution is -0.385. The number of anilines is 1. The van der Waals surface area contributed by atoms with Crippen molar-refractivity contribution in [2.45, 2.75) is 44.8 Å². The lowest BCUT2D eigenvalue weighted by Gasteiger charge is -2.47. The standard InChI is InChI=1S/C25H29BrCl2N8O2/c1-2-18-15-34(24-22(28)12-20(13-29-24)36(37)38)9-10-35(18)19-5-7-33(8-6-19)14-16-3-4-17(27)11-21(16)23-30-25(26)32-31-23/h3-4,11-13,18-19H,2,5-10,14-15H2,1H3,(H,30,31,32). The number of H-pyrrole nitrogens is 1. The Hall–Kier alpha value is -2.31. The number of halogens is 3. The molecule has 2 fully saturated rings. The Morgan fingerprint density at radius 3 is 2.63 bits per heavy atom. The van der Waals surface area contributed by atoms with E-state index in [-0.39, 0.29) is 5.69 Å². The lowest BCUT2D eigenvalue weighted by atomic mass is 9.97. The smallest absolute Gasteiger partial charge is 0.289 e. The van der Waals surface area contributed by atoms with Crippen molar-refractivity contribution in [3.63, 3.8) is 0 Å². The summed E-state index contributed by atoms with van der Waals surface area (Å²) < 4.78 is 0.594. The molecule has 0 saturated carbocycles. The summed E-state index contributed by atoms with van der Waals surface area (Å²) >= 11 is 16.0. The Bertz CT molecular complexity index is 1300. The highest BCUT2D eigenvalue weighted by atomic mass is 79.9. The van der Waals surface area contributed by atoms with Crippen LogP contribution in [0.3, 0.4) is 0 Å². The van der Waals surface area contributed by atoms with Gasteiger partial charge in [0.25, 0.3) is 5.69 Å². The van der Waals surface area contributed by atoms with Gasteiger partial charge < -0.3 is 4.90 Å². The highest BCUT2D eigenvalue weighted by molar-refractivity contribution is 9.10. The quantitative estimate of drug-likeness (QED) is 0.275. The van der Waals surface area contributed by atoms with E-state index in [1.807, 2.05) is 12.1 Å². The van der Waals surface area contributed by atoms with E-state index in [9.17, 15) is 10.1 Å². The minimum absolute atomic E-state index is 0.0876. The Morgan fingerprint density at radius 2 is 1.97 bits per heavy atom. The van der Waals surface area contributed by atoms with Gasteiger partial charge in [0.15, 0.2) is 10.6 Å². The zero-order chi connectivity index (χ0) is 26.8. The summed E-state index contributed by atoms with van der Waals surface area (Å²) in [6.45, 7) is 7.57. The van der Waals surface area contributed by atoms with Crippen molar-refractivity contribution in [1.82, 2.24) is 30.0 Å². The fourth-order valence-corrected chi connectivity index (χ4v) is 6.28. The van der Waals surface area contributed by atoms with Crippen molar-refractivity contribution in [2.24, 2.45) is 0 Å². The van der Waals surface area contributed by atoms with E-state index >= 15 is 0 Å². The summed E-state index contributed by atoms with van der Waals surface area (Å²) in [5, 5.41) is 19.2. The monoisotopic (exact) mass is 622 g/mol. The van der Waals surface area contributed by atoms with E-state index in [1.54, 1.807) is 0 Å². The molecule has 2 saturated heterocycles. The molecule has 38 heavy (non-hydrogen) atoms. The Morgan fingerprint density at radius 1 is 1.18 bits per heavy atom. The third-order valence-corrected chi connectivity index (χ3v) is 8.38. The topological polar surface area (TPSA) is 107 Å². The zero-order valence-corrected chi connectivity index (χ0v) is 24.1. The number of benzene rings is 1. The average molecular weight is 624 g/mol. The highest BCUT2D eigenvalue weighted by Crippen LogP contribution is 2.32. The Kier molecular flexibility index (Phi) is 8.49. The van der Waals surface area contributed by atoms with Gasteiger partial charge in [-0.3, -0.25) is 25.0 Å². The number of piperazine rings is 1. The maximum Gasteiger partial charge on any atom is 0.289 e. The summed E-state index contributed by atoms with van der Waals surface area (Å²) in [6, 6.07) is 8.20. The normalized spacial score (nSPS) is 19.7. The molecule has 2 aliphatic rings. The number of aromatic nitrogens is 4. The van der Waals surface area contributed by atoms with E-state index in [1.165, 1.54) is 12.3 Å². The molecular formula is C25H29BrCl2N8O2. The molecule has 1 N–H and O–H groups in total. The number of hydrogen-bond donors (Lipinski definition) is 1. The highest BCUT2D eigenvalue weighted by Gasteiger charge is 2.34. The number of aromatic amines is 1. The summed E-state index contributed by atoms with van der Waals surface area (Å²) in [6.07, 6.45) is 4.50. The number of nitro groups is 1. The van der Waals surface area contributed by atoms with Gasteiger partial charge >= 0.3 is 0 Å². The summed E-state index contributed by atoms with van der Waals surface area (Å²) in [5.74, 6) is 1.26. The molecule has 3 aromatic rings. The summed E-state index contributed by atoms with van der Waals surface area (Å²) in [4.78, 5) is 26.6. The fourth-order valence-electron chi connectivity index (χ4n) is 5.57. The third kappa shape index (κ3) is 5.96. The number of nitrogens with one attached hydrogen (secondary N) is 1. The molecule has 1 unspecified atom stereocenters. The number of likely N-dealkylation sites (tertiary alicyclic amines) is 1. The minimum Gasteiger partial charge on any atom is -0.353 e. The van der Waals surface area contributed by atoms with E-state index in [2.05, 4.69) is 63.8 Å². The molecule has 2 aliphatic heterocycles. The first-order chi connectivity index (χ1) is 18.3. The van der Waals surface area contributed by atoms with E-state index in [4.69, 9.17) is 23.2 Å². The van der Waals surface area contributed by atoms with Gasteiger partial charge in [-0.1, -0.05) is 36.2 Å². The number of pyridine rings is 1. The fraction of sp³-hybridized carbons (Fsp3) is 0.480. The predicted molar refractivity (Wildman–Crippen MR) is 152 cm³/mol. The van der Waals surface area contributed by atoms with Crippen LogP contribution in [0.1, 0.15) is 31.7 Å². The van der Waals surface area contributed by atoms with Crippen LogP contribution in [0, 0.1) is 10.1 Å². The van der Waals surface area contributed by atoms with Gasteiger partial charge in [0.1, 0.15) is 12.0 Å². The first kappa shape index (κ1) is 27.3. The molecule has 5 rings (SSSR count). The molecule has 1 aromatic carbocycles. The second-order valence-corrected chi connectivity index (χ2v) is 11.4. The third-order valence-electron chi connectivity index (χ3n) is 7.51. The largest absolute Gasteiger partial charge is 0.353 e. The van der Waals surface area contributed by atoms with E-state index < -0.39 is 4.92 Å². The van der Waals surface area contributed by atoms with Crippen molar-refractivity contribution in [2.75, 3.05) is 37.6 Å². The first-order valence-electron chi connectivity index (χ1n) is 12.7. The van der Waals surface area contributed by atoms with Gasteiger partial charge in [0, 0.05) is 54.9 Å². The van der Waals surface area contributed by atoms with Crippen LogP contribution in [0.4, 0.5) is 11.5 Å². The molecule has 13 heteroatoms. The van der Waals surface area contributed by atoms with Crippen molar-refractivity contribution < 1.29 is 4.92 Å². The molecule has 10 nitrogen and oxygen atoms in total. The second kappa shape index (κ2) is 11.8. The molecule has 202 valence electrons. The van der Waals surface area contributed by atoms with Crippen LogP contribution in [0.2, 0.25) is 10.0 Å². The van der Waals surface area contributed by atoms with Crippen LogP contribution in [0.5, 0.6) is 0 Å². The van der Waals surface area contributed by atoms with Crippen molar-refractivity contribution in [1.29, 1.82) is 0 Å². The molecule has 1 atom stereocenters. The molecule has 0 spiro atoms. The van der Waals surface area contributed by atoms with Crippen LogP contribution in [-0.2, 0) is 6.54 Å². The van der Waals surface area contributed by atoms with Crippen LogP contribution < -0.4 is 4.90 Å². The van der Waals surface area contributed by atoms with Crippen molar-refractivity contribution in [3.8, 4) is 11.4 Å². The lowest BCUT2D eigenvalue weighted by Crippen LogP contribution is -2.58. The zero-order valence-electron chi connectivity index (χ0n) is 21.0. The van der Waals surface area contributed by atoms with Crippen LogP contribution in [0.25, 0.3) is 11.4 Å². The van der Waals surface area contributed by atoms with Gasteiger partial charge in [0.2, 0.25) is 0 Å². The number of piperidine rings is 1. The van der Waals surface area contributed by atoms with Gasteiger partial charge in [-0.2, -0.15) is 5.10 Å². The summed E-state index contributed by atoms with van der Waals surface area (Å²) in [5.41, 5.74) is 2.02. The van der Waals surface area contributed by atoms with Gasteiger partial charge in [-0.05, 0) is 66.0 Å². The van der Waals surface area contributed by atoms with Crippen molar-refractivity contribution >= 4 is 50.6 Å². The molecule has 0 aliphatic carbocycles. The SMILES string of the molecule is CCC1CN(c2ncc([N+](=O)[O-])cc2Cl)CCN1C1CCN(Cc2ccc(Cl)cc2-c2n[nH]c(Br)n2)CC1. The van der Waals surface area contributed by atoms with Gasteiger partial charge in [-0.15, -0.1) is 0 Å². The maximum atomic E-state index is 11.0. The molecule has 0 amide bonds. The van der Waals surface area contributed by atoms with Crippen LogP contribution >= 0.6 is 39.1 Å². The molecule has 0 bridgehead atoms. The molecule has 0 radical (unpaired) electrons. The molecule has 2 aromatic heterocycles. The average Bonchev–Trinajstić information content (AvgIpc) is 3.35. The Balaban J connectivity index is 1.20. The predicted octanol–water partition coefficient (Wildman–Crippen LogP) is 5.41. The van der Waals surface area contributed by atoms with E-state index in [0.29, 0.717) is 38.5 Å². The molecule has 4 heterocycles. The molecular weight excluding hydrogens is 595 g/mol.